The van der Waals surface area contributed by atoms with Gasteiger partial charge in [0.25, 0.3) is 0 Å². The molecule has 2 aromatic heterocycles. The van der Waals surface area contributed by atoms with Crippen LogP contribution >= 0.6 is 11.3 Å². The van der Waals surface area contributed by atoms with E-state index in [0.717, 1.165) is 50.7 Å². The molecule has 118 valence electrons. The minimum atomic E-state index is -0.141. The summed E-state index contributed by atoms with van der Waals surface area (Å²) < 4.78 is 11.5. The normalized spacial score (nSPS) is 28.9. The number of ether oxygens (including phenoxy) is 1. The Labute approximate surface area is 133 Å². The highest BCUT2D eigenvalue weighted by Gasteiger charge is 2.52. The molecule has 4 rings (SSSR count). The van der Waals surface area contributed by atoms with Crippen LogP contribution < -0.4 is 0 Å². The minimum Gasteiger partial charge on any atom is -0.377 e. The summed E-state index contributed by atoms with van der Waals surface area (Å²) in [6, 6.07) is 0. The van der Waals surface area contributed by atoms with Gasteiger partial charge >= 0.3 is 0 Å². The highest BCUT2D eigenvalue weighted by molar-refractivity contribution is 7.09. The van der Waals surface area contributed by atoms with E-state index in [1.165, 1.54) is 4.88 Å². The number of fused-ring (bicyclic) bond motifs is 1. The van der Waals surface area contributed by atoms with E-state index in [9.17, 15) is 0 Å². The van der Waals surface area contributed by atoms with Crippen LogP contribution in [0.3, 0.4) is 0 Å². The molecule has 7 heteroatoms. The summed E-state index contributed by atoms with van der Waals surface area (Å²) in [5, 5.41) is 3.99. The lowest BCUT2D eigenvalue weighted by Crippen LogP contribution is -2.52. The summed E-state index contributed by atoms with van der Waals surface area (Å²) in [5.41, 5.74) is 2.92. The molecule has 22 heavy (non-hydrogen) atoms. The third kappa shape index (κ3) is 2.28. The zero-order chi connectivity index (χ0) is 15.2. The molecule has 2 saturated heterocycles. The molecule has 0 unspecified atom stereocenters. The molecule has 2 fully saturated rings. The van der Waals surface area contributed by atoms with Gasteiger partial charge in [0.15, 0.2) is 5.82 Å². The van der Waals surface area contributed by atoms with E-state index in [-0.39, 0.29) is 11.5 Å². The number of likely N-dealkylation sites (tertiary alicyclic amines) is 1. The maximum atomic E-state index is 5.97. The highest BCUT2D eigenvalue weighted by atomic mass is 32.1. The average Bonchev–Trinajstić information content (AvgIpc) is 3.20. The van der Waals surface area contributed by atoms with Crippen molar-refractivity contribution >= 4 is 11.3 Å². The van der Waals surface area contributed by atoms with Gasteiger partial charge in [-0.05, 0) is 26.7 Å². The van der Waals surface area contributed by atoms with Crippen molar-refractivity contribution < 1.29 is 9.26 Å². The minimum absolute atomic E-state index is 0.141. The molecule has 0 amide bonds. The van der Waals surface area contributed by atoms with E-state index in [4.69, 9.17) is 9.26 Å². The number of nitrogens with zero attached hydrogens (tertiary/aromatic N) is 4. The molecule has 0 aliphatic carbocycles. The molecule has 0 bridgehead atoms. The topological polar surface area (TPSA) is 64.3 Å². The molecule has 6 nitrogen and oxygen atoms in total. The van der Waals surface area contributed by atoms with Gasteiger partial charge in [0.05, 0.1) is 22.7 Å². The zero-order valence-electron chi connectivity index (χ0n) is 12.9. The van der Waals surface area contributed by atoms with Crippen LogP contribution in [-0.2, 0) is 16.7 Å². The fraction of sp³-hybridized carbons (Fsp3) is 0.667. The van der Waals surface area contributed by atoms with Crippen LogP contribution in [0.2, 0.25) is 0 Å². The zero-order valence-corrected chi connectivity index (χ0v) is 13.7. The summed E-state index contributed by atoms with van der Waals surface area (Å²) >= 11 is 1.73. The fourth-order valence-electron chi connectivity index (χ4n) is 3.65. The van der Waals surface area contributed by atoms with Crippen LogP contribution in [0.4, 0.5) is 0 Å². The third-order valence-corrected chi connectivity index (χ3v) is 5.78. The largest absolute Gasteiger partial charge is 0.377 e. The van der Waals surface area contributed by atoms with Crippen molar-refractivity contribution in [1.29, 1.82) is 0 Å². The summed E-state index contributed by atoms with van der Waals surface area (Å²) in [5.74, 6) is 1.45. The molecule has 4 heterocycles. The van der Waals surface area contributed by atoms with Gasteiger partial charge in [-0.25, -0.2) is 4.98 Å². The smallest absolute Gasteiger partial charge is 0.236 e. The quantitative estimate of drug-likeness (QED) is 0.863. The first-order valence-corrected chi connectivity index (χ1v) is 8.59. The van der Waals surface area contributed by atoms with Crippen LogP contribution in [0.15, 0.2) is 10.0 Å². The number of piperidine rings is 1. The molecular weight excluding hydrogens is 300 g/mol. The fourth-order valence-corrected chi connectivity index (χ4v) is 4.47. The van der Waals surface area contributed by atoms with Crippen LogP contribution in [0.1, 0.15) is 35.1 Å². The van der Waals surface area contributed by atoms with E-state index in [2.05, 4.69) is 26.9 Å². The summed E-state index contributed by atoms with van der Waals surface area (Å²) in [6.07, 6.45) is 2.17. The maximum Gasteiger partial charge on any atom is 0.236 e. The van der Waals surface area contributed by atoms with Crippen LogP contribution in [0, 0.1) is 13.8 Å². The lowest BCUT2D eigenvalue weighted by atomic mass is 9.76. The van der Waals surface area contributed by atoms with E-state index in [1.807, 2.05) is 12.4 Å². The van der Waals surface area contributed by atoms with Crippen molar-refractivity contribution in [1.82, 2.24) is 20.0 Å². The second kappa shape index (κ2) is 5.40. The Morgan fingerprint density at radius 2 is 2.36 bits per heavy atom. The average molecular weight is 320 g/mol. The van der Waals surface area contributed by atoms with Gasteiger partial charge in [-0.3, -0.25) is 4.90 Å². The van der Waals surface area contributed by atoms with Gasteiger partial charge in [0, 0.05) is 31.1 Å². The van der Waals surface area contributed by atoms with Crippen LogP contribution in [0.25, 0.3) is 0 Å². The van der Waals surface area contributed by atoms with Crippen molar-refractivity contribution in [2.75, 3.05) is 19.7 Å². The Morgan fingerprint density at radius 1 is 1.45 bits per heavy atom. The Kier molecular flexibility index (Phi) is 3.51. The maximum absolute atomic E-state index is 5.97. The Hall–Kier alpha value is -1.31. The number of thiazole rings is 1. The number of aryl methyl sites for hydroxylation is 2. The van der Waals surface area contributed by atoms with E-state index >= 15 is 0 Å². The standard InChI is InChI=1S/C15H20N4O2S/c1-10-12(22-9-16-10)7-19-5-3-13-15(8-19,4-6-20-13)14-17-11(2)18-21-14/h9,13H,3-8H2,1-2H3/t13-,15-/m1/s1. The summed E-state index contributed by atoms with van der Waals surface area (Å²) in [6.45, 7) is 7.62. The van der Waals surface area contributed by atoms with Gasteiger partial charge in [0.1, 0.15) is 0 Å². The molecule has 2 aliphatic heterocycles. The van der Waals surface area contributed by atoms with Gasteiger partial charge in [-0.1, -0.05) is 5.16 Å². The van der Waals surface area contributed by atoms with Crippen molar-refractivity contribution in [3.63, 3.8) is 0 Å². The van der Waals surface area contributed by atoms with Crippen molar-refractivity contribution in [2.45, 2.75) is 44.8 Å². The van der Waals surface area contributed by atoms with Crippen molar-refractivity contribution in [3.8, 4) is 0 Å². The molecule has 2 aromatic rings. The Balaban J connectivity index is 1.60. The van der Waals surface area contributed by atoms with Gasteiger partial charge in [-0.15, -0.1) is 11.3 Å². The lowest BCUT2D eigenvalue weighted by Gasteiger charge is -2.41. The molecule has 0 aromatic carbocycles. The molecule has 0 spiro atoms. The molecular formula is C15H20N4O2S. The number of rotatable bonds is 3. The first-order valence-electron chi connectivity index (χ1n) is 7.71. The SMILES string of the molecule is Cc1noc([C@@]23CCO[C@@H]2CCN(Cc2scnc2C)C3)n1. The van der Waals surface area contributed by atoms with Gasteiger partial charge in [0.2, 0.25) is 5.89 Å². The second-order valence-electron chi connectivity index (χ2n) is 6.27. The molecule has 0 N–H and O–H groups in total. The monoisotopic (exact) mass is 320 g/mol. The first-order chi connectivity index (χ1) is 10.7. The molecule has 0 saturated carbocycles. The molecule has 2 atom stereocenters. The summed E-state index contributed by atoms with van der Waals surface area (Å²) in [4.78, 5) is 12.7. The Morgan fingerprint density at radius 3 is 3.09 bits per heavy atom. The van der Waals surface area contributed by atoms with Gasteiger partial charge in [-0.2, -0.15) is 4.98 Å². The number of hydrogen-bond acceptors (Lipinski definition) is 7. The van der Waals surface area contributed by atoms with Crippen molar-refractivity contribution in [3.05, 3.63) is 27.8 Å². The predicted octanol–water partition coefficient (Wildman–Crippen LogP) is 2.08. The number of aromatic nitrogens is 3. The van der Waals surface area contributed by atoms with Crippen LogP contribution in [0.5, 0.6) is 0 Å². The third-order valence-electron chi connectivity index (χ3n) is 4.86. The van der Waals surface area contributed by atoms with E-state index in [1.54, 1.807) is 11.3 Å². The van der Waals surface area contributed by atoms with Gasteiger partial charge < -0.3 is 9.26 Å². The number of hydrogen-bond donors (Lipinski definition) is 0. The predicted molar refractivity (Wildman–Crippen MR) is 81.8 cm³/mol. The highest BCUT2D eigenvalue weighted by Crippen LogP contribution is 2.43. The van der Waals surface area contributed by atoms with E-state index < -0.39 is 0 Å². The Bertz CT molecular complexity index is 670. The van der Waals surface area contributed by atoms with Crippen LogP contribution in [-0.4, -0.2) is 45.8 Å². The van der Waals surface area contributed by atoms with E-state index in [0.29, 0.717) is 5.82 Å². The van der Waals surface area contributed by atoms with Crippen molar-refractivity contribution in [2.24, 2.45) is 0 Å². The second-order valence-corrected chi connectivity index (χ2v) is 7.21. The summed E-state index contributed by atoms with van der Waals surface area (Å²) in [7, 11) is 0. The lowest BCUT2D eigenvalue weighted by molar-refractivity contribution is 0.00436. The molecule has 0 radical (unpaired) electrons. The molecule has 2 aliphatic rings. The first kappa shape index (κ1) is 14.3.